The third kappa shape index (κ3) is 2.31. The van der Waals surface area contributed by atoms with E-state index in [2.05, 4.69) is 10.1 Å². The van der Waals surface area contributed by atoms with Gasteiger partial charge in [-0.25, -0.2) is 9.37 Å². The van der Waals surface area contributed by atoms with Crippen molar-refractivity contribution in [3.8, 4) is 17.5 Å². The van der Waals surface area contributed by atoms with Gasteiger partial charge in [0.25, 0.3) is 0 Å². The Kier molecular flexibility index (Phi) is 3.27. The predicted molar refractivity (Wildman–Crippen MR) is 73.6 cm³/mol. The van der Waals surface area contributed by atoms with Crippen LogP contribution in [0.4, 0.5) is 4.39 Å². The first-order valence-electron chi connectivity index (χ1n) is 5.88. The van der Waals surface area contributed by atoms with Gasteiger partial charge in [0.2, 0.25) is 0 Å². The Morgan fingerprint density at radius 2 is 2.20 bits per heavy atom. The number of benzene rings is 1. The van der Waals surface area contributed by atoms with Crippen LogP contribution >= 0.6 is 11.3 Å². The van der Waals surface area contributed by atoms with Crippen LogP contribution in [-0.2, 0) is 6.54 Å². The molecule has 0 bridgehead atoms. The van der Waals surface area contributed by atoms with E-state index in [-0.39, 0.29) is 12.4 Å². The molecule has 0 unspecified atom stereocenters. The van der Waals surface area contributed by atoms with Crippen molar-refractivity contribution in [1.29, 1.82) is 5.26 Å². The van der Waals surface area contributed by atoms with Gasteiger partial charge in [-0.15, -0.1) is 11.3 Å². The SMILES string of the molecule is N#Cc1cc(-c2cscn2)n(Cc2ccccc2F)n1. The standard InChI is InChI=1S/C14H9FN4S/c15-12-4-2-1-3-10(12)7-19-14(5-11(6-16)18-19)13-8-20-9-17-13/h1-5,8-9H,7H2. The van der Waals surface area contributed by atoms with Gasteiger partial charge < -0.3 is 0 Å². The van der Waals surface area contributed by atoms with Gasteiger partial charge in [-0.05, 0) is 6.07 Å². The molecule has 0 N–H and O–H groups in total. The average molecular weight is 284 g/mol. The highest BCUT2D eigenvalue weighted by Crippen LogP contribution is 2.21. The van der Waals surface area contributed by atoms with E-state index in [0.29, 0.717) is 17.0 Å². The Bertz CT molecular complexity index is 771. The van der Waals surface area contributed by atoms with Crippen molar-refractivity contribution < 1.29 is 4.39 Å². The Morgan fingerprint density at radius 3 is 2.90 bits per heavy atom. The third-order valence-electron chi connectivity index (χ3n) is 2.87. The number of aromatic nitrogens is 3. The van der Waals surface area contributed by atoms with Crippen molar-refractivity contribution in [2.24, 2.45) is 0 Å². The maximum absolute atomic E-state index is 13.7. The van der Waals surface area contributed by atoms with E-state index >= 15 is 0 Å². The molecule has 0 spiro atoms. The van der Waals surface area contributed by atoms with Crippen LogP contribution in [0, 0.1) is 17.1 Å². The molecule has 0 atom stereocenters. The fourth-order valence-electron chi connectivity index (χ4n) is 1.93. The second kappa shape index (κ2) is 5.23. The fraction of sp³-hybridized carbons (Fsp3) is 0.0714. The minimum Gasteiger partial charge on any atom is -0.257 e. The lowest BCUT2D eigenvalue weighted by molar-refractivity contribution is 0.586. The number of nitriles is 1. The first-order valence-corrected chi connectivity index (χ1v) is 6.82. The van der Waals surface area contributed by atoms with E-state index in [1.54, 1.807) is 34.5 Å². The zero-order valence-corrected chi connectivity index (χ0v) is 11.1. The number of hydrogen-bond donors (Lipinski definition) is 0. The average Bonchev–Trinajstić information content (AvgIpc) is 3.10. The smallest absolute Gasteiger partial charge is 0.163 e. The highest BCUT2D eigenvalue weighted by Gasteiger charge is 2.13. The molecule has 1 aromatic carbocycles. The van der Waals surface area contributed by atoms with Crippen molar-refractivity contribution in [2.45, 2.75) is 6.54 Å². The summed E-state index contributed by atoms with van der Waals surface area (Å²) in [6.07, 6.45) is 0. The summed E-state index contributed by atoms with van der Waals surface area (Å²) in [5.74, 6) is -0.286. The van der Waals surface area contributed by atoms with E-state index in [0.717, 1.165) is 5.69 Å². The molecule has 0 aliphatic rings. The quantitative estimate of drug-likeness (QED) is 0.742. The molecule has 3 aromatic rings. The van der Waals surface area contributed by atoms with Gasteiger partial charge >= 0.3 is 0 Å². The predicted octanol–water partition coefficient (Wildman–Crippen LogP) is 3.07. The van der Waals surface area contributed by atoms with E-state index < -0.39 is 0 Å². The van der Waals surface area contributed by atoms with Crippen molar-refractivity contribution in [3.05, 3.63) is 58.3 Å². The van der Waals surface area contributed by atoms with Crippen LogP contribution in [0.3, 0.4) is 0 Å². The first kappa shape index (κ1) is 12.5. The maximum Gasteiger partial charge on any atom is 0.163 e. The van der Waals surface area contributed by atoms with E-state index in [9.17, 15) is 4.39 Å². The second-order valence-electron chi connectivity index (χ2n) is 4.15. The Balaban J connectivity index is 2.04. The monoisotopic (exact) mass is 284 g/mol. The summed E-state index contributed by atoms with van der Waals surface area (Å²) < 4.78 is 15.3. The number of halogens is 1. The number of rotatable bonds is 3. The summed E-state index contributed by atoms with van der Waals surface area (Å²) in [4.78, 5) is 4.21. The van der Waals surface area contributed by atoms with Crippen LogP contribution in [0.25, 0.3) is 11.4 Å². The number of thiazole rings is 1. The van der Waals surface area contributed by atoms with Crippen LogP contribution in [0.15, 0.2) is 41.2 Å². The van der Waals surface area contributed by atoms with E-state index in [1.165, 1.54) is 17.4 Å². The van der Waals surface area contributed by atoms with E-state index in [4.69, 9.17) is 5.26 Å². The Morgan fingerprint density at radius 1 is 1.35 bits per heavy atom. The fourth-order valence-corrected chi connectivity index (χ4v) is 2.47. The van der Waals surface area contributed by atoms with Crippen LogP contribution in [-0.4, -0.2) is 14.8 Å². The van der Waals surface area contributed by atoms with Crippen molar-refractivity contribution in [1.82, 2.24) is 14.8 Å². The Hall–Kier alpha value is -2.52. The van der Waals surface area contributed by atoms with Gasteiger partial charge in [0.1, 0.15) is 11.9 Å². The molecule has 2 heterocycles. The second-order valence-corrected chi connectivity index (χ2v) is 4.87. The molecule has 6 heteroatoms. The summed E-state index contributed by atoms with van der Waals surface area (Å²) >= 11 is 1.46. The molecule has 0 fully saturated rings. The molecule has 0 aliphatic carbocycles. The highest BCUT2D eigenvalue weighted by molar-refractivity contribution is 7.07. The molecule has 0 radical (unpaired) electrons. The zero-order valence-electron chi connectivity index (χ0n) is 10.3. The largest absolute Gasteiger partial charge is 0.257 e. The molecule has 2 aromatic heterocycles. The topological polar surface area (TPSA) is 54.5 Å². The summed E-state index contributed by atoms with van der Waals surface area (Å²) in [5.41, 5.74) is 3.98. The van der Waals surface area contributed by atoms with Crippen molar-refractivity contribution >= 4 is 11.3 Å². The molecule has 3 rings (SSSR count). The minimum absolute atomic E-state index is 0.265. The van der Waals surface area contributed by atoms with Crippen LogP contribution in [0.5, 0.6) is 0 Å². The van der Waals surface area contributed by atoms with Crippen LogP contribution in [0.2, 0.25) is 0 Å². The molecular formula is C14H9FN4S. The van der Waals surface area contributed by atoms with Gasteiger partial charge in [-0.1, -0.05) is 18.2 Å². The van der Waals surface area contributed by atoms with Crippen molar-refractivity contribution in [3.63, 3.8) is 0 Å². The minimum atomic E-state index is -0.286. The lowest BCUT2D eigenvalue weighted by atomic mass is 10.2. The third-order valence-corrected chi connectivity index (χ3v) is 3.45. The summed E-state index contributed by atoms with van der Waals surface area (Å²) in [7, 11) is 0. The maximum atomic E-state index is 13.7. The summed E-state index contributed by atoms with van der Waals surface area (Å²) in [5, 5.41) is 15.0. The zero-order chi connectivity index (χ0) is 13.9. The van der Waals surface area contributed by atoms with Gasteiger partial charge in [0, 0.05) is 17.0 Å². The van der Waals surface area contributed by atoms with Crippen LogP contribution < -0.4 is 0 Å². The summed E-state index contributed by atoms with van der Waals surface area (Å²) in [6.45, 7) is 0.265. The molecule has 0 aliphatic heterocycles. The molecule has 0 saturated carbocycles. The van der Waals surface area contributed by atoms with Crippen LogP contribution in [0.1, 0.15) is 11.3 Å². The summed E-state index contributed by atoms with van der Waals surface area (Å²) in [6, 6.07) is 10.2. The van der Waals surface area contributed by atoms with E-state index in [1.807, 2.05) is 11.4 Å². The van der Waals surface area contributed by atoms with Gasteiger partial charge in [-0.2, -0.15) is 10.4 Å². The van der Waals surface area contributed by atoms with Gasteiger partial charge in [0.15, 0.2) is 5.69 Å². The van der Waals surface area contributed by atoms with Gasteiger partial charge in [0.05, 0.1) is 23.4 Å². The number of hydrogen-bond acceptors (Lipinski definition) is 4. The lowest BCUT2D eigenvalue weighted by Gasteiger charge is -2.06. The van der Waals surface area contributed by atoms with Gasteiger partial charge in [-0.3, -0.25) is 4.68 Å². The molecular weight excluding hydrogens is 275 g/mol. The molecule has 0 amide bonds. The Labute approximate surface area is 118 Å². The number of nitrogens with zero attached hydrogens (tertiary/aromatic N) is 4. The van der Waals surface area contributed by atoms with Crippen molar-refractivity contribution in [2.75, 3.05) is 0 Å². The lowest BCUT2D eigenvalue weighted by Crippen LogP contribution is -2.05. The molecule has 20 heavy (non-hydrogen) atoms. The molecule has 4 nitrogen and oxygen atoms in total. The first-order chi connectivity index (χ1) is 9.78. The molecule has 0 saturated heterocycles. The highest BCUT2D eigenvalue weighted by atomic mass is 32.1. The normalized spacial score (nSPS) is 10.4. The molecule has 98 valence electrons.